The van der Waals surface area contributed by atoms with Crippen molar-refractivity contribution in [2.45, 2.75) is 82.6 Å². The molecule has 0 bridgehead atoms. The lowest BCUT2D eigenvalue weighted by Gasteiger charge is -2.38. The predicted molar refractivity (Wildman–Crippen MR) is 177 cm³/mol. The molecule has 4 N–H and O–H groups in total. The maximum Gasteiger partial charge on any atom is 0.243 e. The van der Waals surface area contributed by atoms with Crippen molar-refractivity contribution in [3.05, 3.63) is 95.1 Å². The topological polar surface area (TPSA) is 130 Å². The lowest BCUT2D eigenvalue weighted by Crippen LogP contribution is -2.42. The van der Waals surface area contributed by atoms with Crippen LogP contribution in [0.15, 0.2) is 72.8 Å². The number of carbonyl (C=O) groups is 2. The fourth-order valence-corrected chi connectivity index (χ4v) is 6.42. The van der Waals surface area contributed by atoms with Gasteiger partial charge in [-0.25, -0.2) is 5.48 Å². The van der Waals surface area contributed by atoms with E-state index in [0.29, 0.717) is 31.8 Å². The third-order valence-corrected chi connectivity index (χ3v) is 9.03. The van der Waals surface area contributed by atoms with Crippen LogP contribution >= 0.6 is 0 Å². The Balaban J connectivity index is 1.23. The maximum atomic E-state index is 12.3. The number of aliphatic hydroxyl groups excluding tert-OH is 1. The first-order chi connectivity index (χ1) is 22.9. The zero-order valence-electron chi connectivity index (χ0n) is 27.1. The highest BCUT2D eigenvalue weighted by molar-refractivity contribution is 5.76. The van der Waals surface area contributed by atoms with Crippen molar-refractivity contribution in [1.82, 2.24) is 15.7 Å². The Labute approximate surface area is 277 Å². The van der Waals surface area contributed by atoms with Gasteiger partial charge in [0.1, 0.15) is 0 Å². The standard InChI is InChI=1S/C37H47N3O7/c1-45-25-32-8-5-19-40(32)23-33-21-34(29-13-11-26(24-41)12-14-29)47-37(46-33)30-17-15-28(16-18-30)31-7-4-6-27(20-31)22-38-35(42)9-2-3-10-36(43)39-44/h4,6-7,11-18,20,32-34,37,41,44H,2-3,5,8-10,19,21-25H2,1H3,(H,38,42)(H,39,43)/t32-,33+,34-,37-/m0/s1. The van der Waals surface area contributed by atoms with E-state index in [2.05, 4.69) is 46.6 Å². The molecule has 47 heavy (non-hydrogen) atoms. The number of nitrogens with zero attached hydrogens (tertiary/aromatic N) is 1. The molecule has 0 saturated carbocycles. The van der Waals surface area contributed by atoms with Gasteiger partial charge in [0.15, 0.2) is 6.29 Å². The molecule has 10 nitrogen and oxygen atoms in total. The Bertz CT molecular complexity index is 1430. The summed E-state index contributed by atoms with van der Waals surface area (Å²) in [5.41, 5.74) is 7.58. The van der Waals surface area contributed by atoms with E-state index < -0.39 is 12.2 Å². The van der Waals surface area contributed by atoms with E-state index in [1.165, 1.54) is 0 Å². The second kappa shape index (κ2) is 17.5. The highest BCUT2D eigenvalue weighted by Gasteiger charge is 2.35. The van der Waals surface area contributed by atoms with Gasteiger partial charge >= 0.3 is 0 Å². The number of amides is 2. The fourth-order valence-electron chi connectivity index (χ4n) is 6.42. The Kier molecular flexibility index (Phi) is 12.9. The van der Waals surface area contributed by atoms with Gasteiger partial charge in [0.2, 0.25) is 11.8 Å². The normalized spacial score (nSPS) is 21.4. The molecule has 5 rings (SSSR count). The first-order valence-electron chi connectivity index (χ1n) is 16.6. The van der Waals surface area contributed by atoms with Crippen molar-refractivity contribution in [3.63, 3.8) is 0 Å². The zero-order valence-corrected chi connectivity index (χ0v) is 27.1. The van der Waals surface area contributed by atoms with E-state index in [1.807, 2.05) is 36.4 Å². The quantitative estimate of drug-likeness (QED) is 0.101. The number of carbonyl (C=O) groups excluding carboxylic acids is 2. The van der Waals surface area contributed by atoms with Gasteiger partial charge in [0, 0.05) is 51.1 Å². The van der Waals surface area contributed by atoms with Crippen LogP contribution < -0.4 is 10.8 Å². The predicted octanol–water partition coefficient (Wildman–Crippen LogP) is 5.18. The summed E-state index contributed by atoms with van der Waals surface area (Å²) in [7, 11) is 1.76. The third-order valence-electron chi connectivity index (χ3n) is 9.03. The zero-order chi connectivity index (χ0) is 33.0. The van der Waals surface area contributed by atoms with Gasteiger partial charge in [-0.05, 0) is 66.1 Å². The highest BCUT2D eigenvalue weighted by atomic mass is 16.7. The van der Waals surface area contributed by atoms with Crippen molar-refractivity contribution in [3.8, 4) is 11.1 Å². The largest absolute Gasteiger partial charge is 0.392 e. The Hall–Kier alpha value is -3.64. The van der Waals surface area contributed by atoms with Crippen LogP contribution in [0.4, 0.5) is 0 Å². The highest BCUT2D eigenvalue weighted by Crippen LogP contribution is 2.39. The van der Waals surface area contributed by atoms with E-state index in [4.69, 9.17) is 19.4 Å². The molecule has 2 aliphatic heterocycles. The maximum absolute atomic E-state index is 12.3. The van der Waals surface area contributed by atoms with Gasteiger partial charge in [-0.3, -0.25) is 19.7 Å². The van der Waals surface area contributed by atoms with Crippen LogP contribution in [0, 0.1) is 0 Å². The minimum absolute atomic E-state index is 0.00888. The number of likely N-dealkylation sites (tertiary alicyclic amines) is 1. The van der Waals surface area contributed by atoms with Crippen LogP contribution in [0.5, 0.6) is 0 Å². The second-order valence-corrected chi connectivity index (χ2v) is 12.4. The number of ether oxygens (including phenoxy) is 3. The van der Waals surface area contributed by atoms with Crippen molar-refractivity contribution < 1.29 is 34.1 Å². The van der Waals surface area contributed by atoms with Gasteiger partial charge in [-0.15, -0.1) is 0 Å². The summed E-state index contributed by atoms with van der Waals surface area (Å²) in [5, 5.41) is 21.0. The Morgan fingerprint density at radius 3 is 2.38 bits per heavy atom. The number of hydrogen-bond donors (Lipinski definition) is 4. The SMILES string of the molecule is COC[C@@H]1CCCN1C[C@H]1C[C@@H](c2ccc(CO)cc2)O[C@@H](c2ccc(-c3cccc(CNC(=O)CCCCC(=O)NO)c3)cc2)O1. The summed E-state index contributed by atoms with van der Waals surface area (Å²) in [6.45, 7) is 3.01. The summed E-state index contributed by atoms with van der Waals surface area (Å²) in [6, 6.07) is 24.7. The molecule has 3 aromatic carbocycles. The van der Waals surface area contributed by atoms with Gasteiger partial charge in [-0.1, -0.05) is 66.7 Å². The molecule has 0 spiro atoms. The molecular weight excluding hydrogens is 598 g/mol. The molecule has 2 aliphatic rings. The molecule has 4 atom stereocenters. The number of hydrogen-bond acceptors (Lipinski definition) is 8. The fraction of sp³-hybridized carbons (Fsp3) is 0.459. The van der Waals surface area contributed by atoms with E-state index in [-0.39, 0.29) is 31.1 Å². The Morgan fingerprint density at radius 2 is 1.66 bits per heavy atom. The molecule has 0 aliphatic carbocycles. The summed E-state index contributed by atoms with van der Waals surface area (Å²) >= 11 is 0. The summed E-state index contributed by atoms with van der Waals surface area (Å²) in [6.07, 6.45) is 4.00. The summed E-state index contributed by atoms with van der Waals surface area (Å²) < 4.78 is 18.7. The van der Waals surface area contributed by atoms with E-state index in [9.17, 15) is 14.7 Å². The van der Waals surface area contributed by atoms with Crippen molar-refractivity contribution >= 4 is 11.8 Å². The number of nitrogens with one attached hydrogen (secondary N) is 2. The second-order valence-electron chi connectivity index (χ2n) is 12.4. The van der Waals surface area contributed by atoms with Crippen LogP contribution in [-0.2, 0) is 37.0 Å². The van der Waals surface area contributed by atoms with Crippen LogP contribution in [0.25, 0.3) is 11.1 Å². The monoisotopic (exact) mass is 645 g/mol. The Morgan fingerprint density at radius 1 is 0.915 bits per heavy atom. The van der Waals surface area contributed by atoms with Crippen LogP contribution in [0.1, 0.15) is 79.6 Å². The summed E-state index contributed by atoms with van der Waals surface area (Å²) in [4.78, 5) is 25.9. The number of hydroxylamine groups is 1. The molecule has 10 heteroatoms. The minimum Gasteiger partial charge on any atom is -0.392 e. The van der Waals surface area contributed by atoms with Gasteiger partial charge in [0.05, 0.1) is 25.4 Å². The molecule has 2 fully saturated rings. The molecule has 0 radical (unpaired) electrons. The lowest BCUT2D eigenvalue weighted by atomic mass is 9.98. The van der Waals surface area contributed by atoms with E-state index in [0.717, 1.165) is 72.3 Å². The van der Waals surface area contributed by atoms with Crippen molar-refractivity contribution in [2.24, 2.45) is 0 Å². The first kappa shape index (κ1) is 34.7. The smallest absolute Gasteiger partial charge is 0.243 e. The van der Waals surface area contributed by atoms with E-state index >= 15 is 0 Å². The number of unbranched alkanes of at least 4 members (excludes halogenated alkanes) is 1. The van der Waals surface area contributed by atoms with Crippen molar-refractivity contribution in [1.29, 1.82) is 0 Å². The number of rotatable bonds is 15. The first-order valence-corrected chi connectivity index (χ1v) is 16.6. The third kappa shape index (κ3) is 9.93. The molecule has 0 aromatic heterocycles. The molecule has 252 valence electrons. The molecule has 0 unspecified atom stereocenters. The van der Waals surface area contributed by atoms with Crippen molar-refractivity contribution in [2.75, 3.05) is 26.8 Å². The number of aliphatic hydroxyl groups is 1. The average Bonchev–Trinajstić information content (AvgIpc) is 3.55. The van der Waals surface area contributed by atoms with Gasteiger partial charge < -0.3 is 24.6 Å². The van der Waals surface area contributed by atoms with Crippen LogP contribution in [0.3, 0.4) is 0 Å². The van der Waals surface area contributed by atoms with E-state index in [1.54, 1.807) is 12.6 Å². The van der Waals surface area contributed by atoms with Gasteiger partial charge in [0.25, 0.3) is 0 Å². The van der Waals surface area contributed by atoms with Crippen LogP contribution in [0.2, 0.25) is 0 Å². The number of benzene rings is 3. The summed E-state index contributed by atoms with van der Waals surface area (Å²) in [5.74, 6) is -0.516. The number of methoxy groups -OCH3 is 1. The molecule has 2 saturated heterocycles. The molecule has 2 amide bonds. The van der Waals surface area contributed by atoms with Crippen LogP contribution in [-0.4, -0.2) is 66.0 Å². The molecule has 3 aromatic rings. The molecular formula is C37H47N3O7. The minimum atomic E-state index is -0.520. The van der Waals surface area contributed by atoms with Gasteiger partial charge in [-0.2, -0.15) is 0 Å². The molecule has 2 heterocycles. The lowest BCUT2D eigenvalue weighted by molar-refractivity contribution is -0.253. The average molecular weight is 646 g/mol.